The van der Waals surface area contributed by atoms with Gasteiger partial charge >= 0.3 is 0 Å². The number of hydrogen-bond donors (Lipinski definition) is 0. The molecule has 0 unspecified atom stereocenters. The number of nitrogens with zero attached hydrogens (tertiary/aromatic N) is 3. The van der Waals surface area contributed by atoms with Crippen LogP contribution in [0.25, 0.3) is 11.3 Å². The molecule has 0 radical (unpaired) electrons. The smallest absolute Gasteiger partial charge is 0.250 e. The van der Waals surface area contributed by atoms with Crippen LogP contribution in [0.4, 0.5) is 0 Å². The maximum absolute atomic E-state index is 6.96. The van der Waals surface area contributed by atoms with Crippen LogP contribution in [0.2, 0.25) is 36.3 Å². The van der Waals surface area contributed by atoms with E-state index in [1.165, 1.54) is 0 Å². The molecule has 10 heteroatoms. The Labute approximate surface area is 254 Å². The molecule has 232 valence electrons. The van der Waals surface area contributed by atoms with Crippen molar-refractivity contribution in [3.63, 3.8) is 0 Å². The highest BCUT2D eigenvalue weighted by Gasteiger charge is 2.41. The van der Waals surface area contributed by atoms with Gasteiger partial charge in [0.15, 0.2) is 11.5 Å². The van der Waals surface area contributed by atoms with Crippen molar-refractivity contribution in [1.82, 2.24) is 15.0 Å². The molecule has 3 rings (SSSR count). The zero-order valence-electron chi connectivity index (χ0n) is 28.2. The Morgan fingerprint density at radius 3 is 1.69 bits per heavy atom. The number of aromatic nitrogens is 3. The van der Waals surface area contributed by atoms with E-state index in [0.29, 0.717) is 23.8 Å². The van der Waals surface area contributed by atoms with Crippen LogP contribution in [0.3, 0.4) is 0 Å². The van der Waals surface area contributed by atoms with E-state index in [9.17, 15) is 0 Å². The minimum atomic E-state index is -2.18. The van der Waals surface area contributed by atoms with Gasteiger partial charge in [0, 0.05) is 11.6 Å². The first-order valence-corrected chi connectivity index (χ1v) is 20.4. The molecule has 8 nitrogen and oxygen atoms in total. The second kappa shape index (κ2) is 12.3. The van der Waals surface area contributed by atoms with Crippen LogP contribution in [0.5, 0.6) is 28.7 Å². The maximum Gasteiger partial charge on any atom is 0.250 e. The maximum atomic E-state index is 6.96. The van der Waals surface area contributed by atoms with Crippen LogP contribution in [-0.4, -0.2) is 53.0 Å². The van der Waals surface area contributed by atoms with Gasteiger partial charge < -0.3 is 23.1 Å². The molecular weight excluding hydrogens is 563 g/mol. The van der Waals surface area contributed by atoms with Crippen LogP contribution >= 0.6 is 0 Å². The van der Waals surface area contributed by atoms with Crippen LogP contribution in [0.15, 0.2) is 30.5 Å². The van der Waals surface area contributed by atoms with E-state index in [2.05, 4.69) is 97.1 Å². The Morgan fingerprint density at radius 1 is 0.714 bits per heavy atom. The first-order chi connectivity index (χ1) is 19.4. The summed E-state index contributed by atoms with van der Waals surface area (Å²) in [4.78, 5) is 0. The Bertz CT molecular complexity index is 1360. The standard InChI is InChI=1S/C32H51N3O5Si2/c1-15-23-18-24(25-21-35(34-33-25)20-22-16-28(36-8)30(38-10)29(17-22)37-9)27(40-42(13,14)32(5,6)7)19-26(23)39-41(11,12)31(2,3)4/h16-19,21H,15,20H2,1-14H3. The van der Waals surface area contributed by atoms with Crippen molar-refractivity contribution < 1.29 is 23.1 Å². The molecule has 0 aliphatic heterocycles. The topological polar surface area (TPSA) is 76.9 Å². The summed E-state index contributed by atoms with van der Waals surface area (Å²) >= 11 is 0. The van der Waals surface area contributed by atoms with Gasteiger partial charge in [-0.05, 0) is 72.0 Å². The van der Waals surface area contributed by atoms with Crippen LogP contribution < -0.4 is 23.1 Å². The van der Waals surface area contributed by atoms with E-state index < -0.39 is 16.6 Å². The van der Waals surface area contributed by atoms with Gasteiger partial charge in [-0.25, -0.2) is 4.68 Å². The predicted octanol–water partition coefficient (Wildman–Crippen LogP) is 8.35. The SMILES string of the molecule is CCc1cc(-c2cn(Cc3cc(OC)c(OC)c(OC)c3)nn2)c(O[Si](C)(C)C(C)(C)C)cc1O[Si](C)(C)C(C)(C)C. The summed E-state index contributed by atoms with van der Waals surface area (Å²) in [6.45, 7) is 25.3. The van der Waals surface area contributed by atoms with Crippen LogP contribution in [0.1, 0.15) is 59.6 Å². The lowest BCUT2D eigenvalue weighted by Crippen LogP contribution is -2.44. The van der Waals surface area contributed by atoms with Gasteiger partial charge in [0.2, 0.25) is 14.1 Å². The molecule has 2 aromatic carbocycles. The van der Waals surface area contributed by atoms with E-state index in [4.69, 9.17) is 23.1 Å². The first-order valence-electron chi connectivity index (χ1n) is 14.6. The molecule has 1 aromatic heterocycles. The Balaban J connectivity index is 2.11. The normalized spacial score (nSPS) is 12.7. The summed E-state index contributed by atoms with van der Waals surface area (Å²) in [6, 6.07) is 8.14. The van der Waals surface area contributed by atoms with Crippen molar-refractivity contribution in [2.75, 3.05) is 21.3 Å². The summed E-state index contributed by atoms with van der Waals surface area (Å²) in [5, 5.41) is 9.19. The van der Waals surface area contributed by atoms with Gasteiger partial charge in [0.1, 0.15) is 17.2 Å². The zero-order valence-corrected chi connectivity index (χ0v) is 30.2. The molecule has 0 N–H and O–H groups in total. The van der Waals surface area contributed by atoms with E-state index in [1.807, 2.05) is 23.0 Å². The summed E-state index contributed by atoms with van der Waals surface area (Å²) < 4.78 is 32.2. The molecule has 0 atom stereocenters. The van der Waals surface area contributed by atoms with Crippen molar-refractivity contribution in [1.29, 1.82) is 0 Å². The third-order valence-corrected chi connectivity index (χ3v) is 17.5. The third-order valence-electron chi connectivity index (χ3n) is 8.77. The Morgan fingerprint density at radius 2 is 1.24 bits per heavy atom. The number of aryl methyl sites for hydroxylation is 1. The number of rotatable bonds is 11. The lowest BCUT2D eigenvalue weighted by Gasteiger charge is -2.39. The minimum absolute atomic E-state index is 0.0260. The molecule has 3 aromatic rings. The highest BCUT2D eigenvalue weighted by Crippen LogP contribution is 2.45. The number of hydrogen-bond acceptors (Lipinski definition) is 7. The average molecular weight is 614 g/mol. The number of benzene rings is 2. The Hall–Kier alpha value is -2.99. The fourth-order valence-electron chi connectivity index (χ4n) is 4.03. The third kappa shape index (κ3) is 7.14. The molecule has 1 heterocycles. The molecule has 0 fully saturated rings. The van der Waals surface area contributed by atoms with E-state index in [1.54, 1.807) is 21.3 Å². The first kappa shape index (κ1) is 33.5. The quantitative estimate of drug-likeness (QED) is 0.201. The molecule has 0 aliphatic carbocycles. The Kier molecular flexibility index (Phi) is 9.83. The fourth-order valence-corrected chi connectivity index (χ4v) is 6.10. The van der Waals surface area contributed by atoms with E-state index in [0.717, 1.165) is 40.3 Å². The molecular formula is C32H51N3O5Si2. The predicted molar refractivity (Wildman–Crippen MR) is 176 cm³/mol. The molecule has 0 saturated carbocycles. The van der Waals surface area contributed by atoms with Crippen LogP contribution in [0, 0.1) is 0 Å². The molecule has 0 amide bonds. The molecule has 0 aliphatic rings. The second-order valence-electron chi connectivity index (χ2n) is 13.9. The lowest BCUT2D eigenvalue weighted by molar-refractivity contribution is 0.323. The minimum Gasteiger partial charge on any atom is -0.543 e. The van der Waals surface area contributed by atoms with Crippen molar-refractivity contribution >= 4 is 16.6 Å². The van der Waals surface area contributed by atoms with Gasteiger partial charge in [0.05, 0.1) is 34.1 Å². The van der Waals surface area contributed by atoms with Crippen molar-refractivity contribution in [2.24, 2.45) is 0 Å². The van der Waals surface area contributed by atoms with Gasteiger partial charge in [-0.15, -0.1) is 5.10 Å². The van der Waals surface area contributed by atoms with Crippen molar-refractivity contribution in [3.05, 3.63) is 41.6 Å². The van der Waals surface area contributed by atoms with Gasteiger partial charge in [-0.3, -0.25) is 0 Å². The second-order valence-corrected chi connectivity index (χ2v) is 23.3. The highest BCUT2D eigenvalue weighted by molar-refractivity contribution is 6.75. The lowest BCUT2D eigenvalue weighted by atomic mass is 10.0. The zero-order chi connectivity index (χ0) is 31.7. The molecule has 42 heavy (non-hydrogen) atoms. The van der Waals surface area contributed by atoms with E-state index >= 15 is 0 Å². The summed E-state index contributed by atoms with van der Waals surface area (Å²) in [6.07, 6.45) is 2.79. The highest BCUT2D eigenvalue weighted by atomic mass is 28.4. The van der Waals surface area contributed by atoms with E-state index in [-0.39, 0.29) is 10.1 Å². The van der Waals surface area contributed by atoms with Crippen molar-refractivity contribution in [2.45, 2.75) is 97.7 Å². The van der Waals surface area contributed by atoms with Crippen molar-refractivity contribution in [3.8, 4) is 40.0 Å². The monoisotopic (exact) mass is 613 g/mol. The molecule has 0 bridgehead atoms. The fraction of sp³-hybridized carbons (Fsp3) is 0.562. The molecule has 0 saturated heterocycles. The largest absolute Gasteiger partial charge is 0.543 e. The van der Waals surface area contributed by atoms with Gasteiger partial charge in [-0.2, -0.15) is 0 Å². The summed E-state index contributed by atoms with van der Waals surface area (Å²) in [7, 11) is 0.570. The molecule has 0 spiro atoms. The summed E-state index contributed by atoms with van der Waals surface area (Å²) in [5.74, 6) is 3.46. The number of ether oxygens (including phenoxy) is 3. The average Bonchev–Trinajstić information content (AvgIpc) is 3.34. The van der Waals surface area contributed by atoms with Crippen LogP contribution in [-0.2, 0) is 13.0 Å². The summed E-state index contributed by atoms with van der Waals surface area (Å²) in [5.41, 5.74) is 3.77. The number of methoxy groups -OCH3 is 3. The van der Waals surface area contributed by atoms with Gasteiger partial charge in [-0.1, -0.05) is 53.7 Å². The van der Waals surface area contributed by atoms with Gasteiger partial charge in [0.25, 0.3) is 8.32 Å².